The van der Waals surface area contributed by atoms with E-state index in [0.717, 1.165) is 15.4 Å². The van der Waals surface area contributed by atoms with Crippen molar-refractivity contribution in [2.24, 2.45) is 4.99 Å². The summed E-state index contributed by atoms with van der Waals surface area (Å²) in [6.07, 6.45) is 0. The normalized spacial score (nSPS) is 19.4. The molecule has 1 unspecified atom stereocenters. The summed E-state index contributed by atoms with van der Waals surface area (Å²) in [6.45, 7) is 5.45. The molecule has 4 rings (SSSR count). The van der Waals surface area contributed by atoms with Crippen molar-refractivity contribution in [1.82, 2.24) is 4.31 Å². The van der Waals surface area contributed by atoms with E-state index in [2.05, 4.69) is 0 Å². The first-order valence-corrected chi connectivity index (χ1v) is 12.5. The zero-order valence-corrected chi connectivity index (χ0v) is 19.9. The largest absolute Gasteiger partial charge is 0.283 e. The molecule has 6 heteroatoms. The van der Waals surface area contributed by atoms with Crippen LogP contribution in [0.25, 0.3) is 0 Å². The van der Waals surface area contributed by atoms with Gasteiger partial charge in [0.2, 0.25) is 0 Å². The van der Waals surface area contributed by atoms with Crippen LogP contribution in [0.3, 0.4) is 0 Å². The summed E-state index contributed by atoms with van der Waals surface area (Å²) in [5.74, 6) is -0.647. The van der Waals surface area contributed by atoms with Crippen molar-refractivity contribution in [2.75, 3.05) is 6.54 Å². The molecule has 0 aromatic heterocycles. The Hall–Kier alpha value is -3.25. The van der Waals surface area contributed by atoms with Gasteiger partial charge in [0.1, 0.15) is 5.71 Å². The Morgan fingerprint density at radius 2 is 1.27 bits per heavy atom. The number of amides is 1. The van der Waals surface area contributed by atoms with Gasteiger partial charge in [-0.05, 0) is 37.5 Å². The molecule has 0 radical (unpaired) electrons. The second-order valence-electron chi connectivity index (χ2n) is 9.18. The van der Waals surface area contributed by atoms with Crippen molar-refractivity contribution in [2.45, 2.75) is 37.5 Å². The number of rotatable bonds is 5. The highest BCUT2D eigenvalue weighted by Crippen LogP contribution is 2.39. The van der Waals surface area contributed by atoms with Crippen LogP contribution in [0.4, 0.5) is 0 Å². The maximum Gasteiger partial charge on any atom is 0.283 e. The summed E-state index contributed by atoms with van der Waals surface area (Å²) in [5, 5.41) is -1.11. The first kappa shape index (κ1) is 22.9. The molecule has 1 atom stereocenters. The van der Waals surface area contributed by atoms with Gasteiger partial charge in [-0.15, -0.1) is 0 Å². The van der Waals surface area contributed by atoms with Crippen LogP contribution in [-0.4, -0.2) is 36.4 Å². The average molecular weight is 461 g/mol. The molecule has 0 N–H and O–H groups in total. The fraction of sp³-hybridized carbons (Fsp3) is 0.259. The molecule has 5 nitrogen and oxygen atoms in total. The highest BCUT2D eigenvalue weighted by molar-refractivity contribution is 7.91. The fourth-order valence-corrected chi connectivity index (χ4v) is 6.59. The number of hydrogen-bond acceptors (Lipinski definition) is 4. The summed E-state index contributed by atoms with van der Waals surface area (Å²) in [4.78, 5) is 18.2. The van der Waals surface area contributed by atoms with Gasteiger partial charge >= 0.3 is 0 Å². The number of carbonyl (C=O) groups excluding carboxylic acids is 1. The molecule has 1 heterocycles. The van der Waals surface area contributed by atoms with Crippen molar-refractivity contribution in [3.63, 3.8) is 0 Å². The number of aliphatic imine (C=N–C) groups is 1. The topological polar surface area (TPSA) is 66.8 Å². The van der Waals surface area contributed by atoms with Crippen LogP contribution >= 0.6 is 0 Å². The first-order chi connectivity index (χ1) is 15.7. The predicted molar refractivity (Wildman–Crippen MR) is 132 cm³/mol. The summed E-state index contributed by atoms with van der Waals surface area (Å²) >= 11 is 0. The smallest absolute Gasteiger partial charge is 0.281 e. The molecule has 170 valence electrons. The van der Waals surface area contributed by atoms with Gasteiger partial charge in [-0.1, -0.05) is 91.0 Å². The number of benzene rings is 3. The SMILES string of the molecule is CC(C)(C)N1C(=O)C(=NCC(c2ccccc2)c2ccccc2)C(c2ccccc2)S1(=O)=O. The molecule has 1 saturated heterocycles. The zero-order valence-electron chi connectivity index (χ0n) is 19.0. The Bertz CT molecular complexity index is 1210. The molecule has 33 heavy (non-hydrogen) atoms. The Labute approximate surface area is 195 Å². The van der Waals surface area contributed by atoms with Gasteiger partial charge < -0.3 is 0 Å². The maximum absolute atomic E-state index is 13.6. The van der Waals surface area contributed by atoms with Gasteiger partial charge in [-0.3, -0.25) is 9.79 Å². The van der Waals surface area contributed by atoms with Gasteiger partial charge in [0.05, 0.1) is 12.1 Å². The van der Waals surface area contributed by atoms with E-state index in [9.17, 15) is 13.2 Å². The van der Waals surface area contributed by atoms with Crippen LogP contribution < -0.4 is 0 Å². The summed E-state index contributed by atoms with van der Waals surface area (Å²) in [6, 6.07) is 28.8. The summed E-state index contributed by atoms with van der Waals surface area (Å²) in [5.41, 5.74) is 1.86. The minimum absolute atomic E-state index is 0.0768. The second-order valence-corrected chi connectivity index (χ2v) is 11.0. The van der Waals surface area contributed by atoms with Crippen LogP contribution in [-0.2, 0) is 14.8 Å². The molecule has 1 amide bonds. The highest BCUT2D eigenvalue weighted by Gasteiger charge is 2.54. The minimum atomic E-state index is -3.96. The van der Waals surface area contributed by atoms with Crippen LogP contribution in [0.2, 0.25) is 0 Å². The van der Waals surface area contributed by atoms with Gasteiger partial charge in [0, 0.05) is 5.92 Å². The highest BCUT2D eigenvalue weighted by atomic mass is 32.2. The quantitative estimate of drug-likeness (QED) is 0.540. The van der Waals surface area contributed by atoms with Crippen molar-refractivity contribution in [1.29, 1.82) is 0 Å². The molecule has 3 aromatic rings. The van der Waals surface area contributed by atoms with Gasteiger partial charge in [0.15, 0.2) is 5.25 Å². The molecule has 1 fully saturated rings. The summed E-state index contributed by atoms with van der Waals surface area (Å²) in [7, 11) is -3.96. The maximum atomic E-state index is 13.6. The van der Waals surface area contributed by atoms with E-state index in [1.54, 1.807) is 45.0 Å². The monoisotopic (exact) mass is 460 g/mol. The van der Waals surface area contributed by atoms with Gasteiger partial charge in [-0.2, -0.15) is 0 Å². The van der Waals surface area contributed by atoms with E-state index >= 15 is 0 Å². The van der Waals surface area contributed by atoms with E-state index in [1.165, 1.54) is 0 Å². The fourth-order valence-electron chi connectivity index (χ4n) is 4.34. The average Bonchev–Trinajstić information content (AvgIpc) is 3.00. The number of nitrogens with zero attached hydrogens (tertiary/aromatic N) is 2. The van der Waals surface area contributed by atoms with Crippen molar-refractivity contribution >= 4 is 21.6 Å². The summed E-state index contributed by atoms with van der Waals surface area (Å²) < 4.78 is 28.1. The lowest BCUT2D eigenvalue weighted by Crippen LogP contribution is -2.45. The Balaban J connectivity index is 1.82. The Morgan fingerprint density at radius 1 is 0.818 bits per heavy atom. The number of carbonyl (C=O) groups is 1. The van der Waals surface area contributed by atoms with Crippen molar-refractivity contribution in [3.05, 3.63) is 108 Å². The predicted octanol–water partition coefficient (Wildman–Crippen LogP) is 4.97. The van der Waals surface area contributed by atoms with Crippen LogP contribution in [0.5, 0.6) is 0 Å². The molecule has 1 aliphatic heterocycles. The van der Waals surface area contributed by atoms with Gasteiger partial charge in [-0.25, -0.2) is 12.7 Å². The van der Waals surface area contributed by atoms with Crippen LogP contribution in [0.15, 0.2) is 96.0 Å². The molecule has 0 saturated carbocycles. The minimum Gasteiger partial charge on any atom is -0.281 e. The molecular formula is C27H28N2O3S. The molecule has 1 aliphatic rings. The molecular weight excluding hydrogens is 432 g/mol. The first-order valence-electron chi connectivity index (χ1n) is 11.0. The Kier molecular flexibility index (Phi) is 6.21. The van der Waals surface area contributed by atoms with E-state index in [1.807, 2.05) is 66.7 Å². The molecule has 0 aliphatic carbocycles. The third kappa shape index (κ3) is 4.48. The number of hydrogen-bond donors (Lipinski definition) is 0. The van der Waals surface area contributed by atoms with E-state index in [0.29, 0.717) is 5.56 Å². The van der Waals surface area contributed by atoms with Crippen molar-refractivity contribution in [3.8, 4) is 0 Å². The molecule has 0 spiro atoms. The van der Waals surface area contributed by atoms with E-state index in [4.69, 9.17) is 4.99 Å². The third-order valence-electron chi connectivity index (χ3n) is 5.76. The number of sulfonamides is 1. The molecule has 3 aromatic carbocycles. The lowest BCUT2D eigenvalue weighted by atomic mass is 9.91. The van der Waals surface area contributed by atoms with Crippen molar-refractivity contribution < 1.29 is 13.2 Å². The third-order valence-corrected chi connectivity index (χ3v) is 8.08. The van der Waals surface area contributed by atoms with Gasteiger partial charge in [0.25, 0.3) is 15.9 Å². The lowest BCUT2D eigenvalue weighted by molar-refractivity contribution is -0.122. The zero-order chi connectivity index (χ0) is 23.6. The Morgan fingerprint density at radius 3 is 1.73 bits per heavy atom. The van der Waals surface area contributed by atoms with E-state index < -0.39 is 26.7 Å². The van der Waals surface area contributed by atoms with E-state index in [-0.39, 0.29) is 18.2 Å². The van der Waals surface area contributed by atoms with Crippen LogP contribution in [0.1, 0.15) is 48.6 Å². The van der Waals surface area contributed by atoms with Crippen LogP contribution in [0, 0.1) is 0 Å². The standard InChI is InChI=1S/C27H28N2O3S/c1-27(2,3)29-26(30)24(25(33(29,31)32)22-17-11-6-12-18-22)28-19-23(20-13-7-4-8-14-20)21-15-9-5-10-16-21/h4-18,23,25H,19H2,1-3H3. The molecule has 0 bridgehead atoms. The second kappa shape index (κ2) is 8.94. The lowest BCUT2D eigenvalue weighted by Gasteiger charge is -2.30.